The molecule has 1 aliphatic carbocycles. The van der Waals surface area contributed by atoms with Crippen molar-refractivity contribution in [3.63, 3.8) is 0 Å². The maximum atomic E-state index is 11.5. The molecule has 0 bridgehead atoms. The summed E-state index contributed by atoms with van der Waals surface area (Å²) in [7, 11) is -3.09. The van der Waals surface area contributed by atoms with E-state index in [1.54, 1.807) is 0 Å². The summed E-state index contributed by atoms with van der Waals surface area (Å²) in [5.41, 5.74) is 5.53. The smallest absolute Gasteiger partial charge is 0.211 e. The molecular weight excluding hydrogens is 212 g/mol. The molecule has 1 rings (SSSR count). The standard InChI is InChI=1S/C10H22N2O2S/c1-2-10(5-3-6-10)9-12-15(13,14)8-4-7-11/h12H,2-9,11H2,1H3. The van der Waals surface area contributed by atoms with Crippen LogP contribution in [-0.2, 0) is 10.0 Å². The van der Waals surface area contributed by atoms with Crippen molar-refractivity contribution in [1.82, 2.24) is 4.72 Å². The first kappa shape index (κ1) is 12.9. The van der Waals surface area contributed by atoms with Gasteiger partial charge in [-0.15, -0.1) is 0 Å². The third kappa shape index (κ3) is 3.74. The Balaban J connectivity index is 2.35. The Morgan fingerprint density at radius 1 is 1.40 bits per heavy atom. The summed E-state index contributed by atoms with van der Waals surface area (Å²) in [6, 6.07) is 0. The van der Waals surface area contributed by atoms with E-state index in [0.29, 0.717) is 19.5 Å². The summed E-state index contributed by atoms with van der Waals surface area (Å²) in [4.78, 5) is 0. The van der Waals surface area contributed by atoms with Crippen LogP contribution < -0.4 is 10.5 Å². The SMILES string of the molecule is CCC1(CNS(=O)(=O)CCCN)CCC1. The van der Waals surface area contributed by atoms with Crippen LogP contribution in [0.3, 0.4) is 0 Å². The maximum Gasteiger partial charge on any atom is 0.211 e. The fraction of sp³-hybridized carbons (Fsp3) is 1.00. The van der Waals surface area contributed by atoms with E-state index in [9.17, 15) is 8.42 Å². The second kappa shape index (κ2) is 5.27. The van der Waals surface area contributed by atoms with Crippen LogP contribution in [0.2, 0.25) is 0 Å². The van der Waals surface area contributed by atoms with Gasteiger partial charge < -0.3 is 5.73 Å². The molecule has 0 unspecified atom stereocenters. The second-order valence-electron chi connectivity index (χ2n) is 4.49. The van der Waals surface area contributed by atoms with Crippen molar-refractivity contribution in [2.24, 2.45) is 11.1 Å². The minimum absolute atomic E-state index is 0.156. The average molecular weight is 234 g/mol. The monoisotopic (exact) mass is 234 g/mol. The van der Waals surface area contributed by atoms with Crippen LogP contribution in [0.1, 0.15) is 39.0 Å². The summed E-state index contributed by atoms with van der Waals surface area (Å²) in [5.74, 6) is 0.156. The number of sulfonamides is 1. The molecule has 3 N–H and O–H groups in total. The normalized spacial score (nSPS) is 19.9. The molecule has 90 valence electrons. The van der Waals surface area contributed by atoms with E-state index < -0.39 is 10.0 Å². The van der Waals surface area contributed by atoms with Crippen LogP contribution in [-0.4, -0.2) is 27.3 Å². The highest BCUT2D eigenvalue weighted by Gasteiger charge is 2.35. The molecule has 0 heterocycles. The first-order valence-electron chi connectivity index (χ1n) is 5.71. The predicted octanol–water partition coefficient (Wildman–Crippen LogP) is 0.835. The average Bonchev–Trinajstić information content (AvgIpc) is 2.14. The highest BCUT2D eigenvalue weighted by atomic mass is 32.2. The molecule has 5 heteroatoms. The first-order chi connectivity index (χ1) is 7.04. The summed E-state index contributed by atoms with van der Waals surface area (Å²) in [5, 5.41) is 0. The molecule has 1 aliphatic rings. The Morgan fingerprint density at radius 2 is 2.07 bits per heavy atom. The zero-order valence-electron chi connectivity index (χ0n) is 9.46. The fourth-order valence-corrected chi connectivity index (χ4v) is 3.16. The maximum absolute atomic E-state index is 11.5. The van der Waals surface area contributed by atoms with Crippen molar-refractivity contribution in [3.05, 3.63) is 0 Å². The van der Waals surface area contributed by atoms with E-state index in [1.165, 1.54) is 6.42 Å². The van der Waals surface area contributed by atoms with Crippen molar-refractivity contribution in [2.45, 2.75) is 39.0 Å². The Morgan fingerprint density at radius 3 is 2.47 bits per heavy atom. The van der Waals surface area contributed by atoms with Gasteiger partial charge in [-0.3, -0.25) is 0 Å². The van der Waals surface area contributed by atoms with Gasteiger partial charge in [-0.05, 0) is 37.6 Å². The van der Waals surface area contributed by atoms with Crippen LogP contribution in [0.4, 0.5) is 0 Å². The van der Waals surface area contributed by atoms with Gasteiger partial charge in [0.2, 0.25) is 10.0 Å². The van der Waals surface area contributed by atoms with Gasteiger partial charge in [-0.25, -0.2) is 13.1 Å². The minimum Gasteiger partial charge on any atom is -0.330 e. The molecule has 15 heavy (non-hydrogen) atoms. The van der Waals surface area contributed by atoms with Crippen molar-refractivity contribution in [3.8, 4) is 0 Å². The minimum atomic E-state index is -3.09. The Labute approximate surface area is 92.7 Å². The zero-order valence-corrected chi connectivity index (χ0v) is 10.3. The lowest BCUT2D eigenvalue weighted by Gasteiger charge is -2.41. The lowest BCUT2D eigenvalue weighted by Crippen LogP contribution is -2.42. The number of hydrogen-bond acceptors (Lipinski definition) is 3. The summed E-state index contributed by atoms with van der Waals surface area (Å²) in [6.07, 6.45) is 5.14. The number of nitrogens with one attached hydrogen (secondary N) is 1. The summed E-state index contributed by atoms with van der Waals surface area (Å²) >= 11 is 0. The van der Waals surface area contributed by atoms with Crippen molar-refractivity contribution in [2.75, 3.05) is 18.8 Å². The van der Waals surface area contributed by atoms with Gasteiger partial charge in [0.05, 0.1) is 5.75 Å². The van der Waals surface area contributed by atoms with E-state index in [4.69, 9.17) is 5.73 Å². The van der Waals surface area contributed by atoms with Gasteiger partial charge in [0.1, 0.15) is 0 Å². The molecule has 0 aromatic rings. The highest BCUT2D eigenvalue weighted by Crippen LogP contribution is 2.43. The quantitative estimate of drug-likeness (QED) is 0.685. The van der Waals surface area contributed by atoms with Crippen molar-refractivity contribution >= 4 is 10.0 Å². The van der Waals surface area contributed by atoms with Gasteiger partial charge in [-0.1, -0.05) is 13.3 Å². The lowest BCUT2D eigenvalue weighted by atomic mass is 9.67. The number of rotatable bonds is 7. The molecule has 0 aliphatic heterocycles. The lowest BCUT2D eigenvalue weighted by molar-refractivity contribution is 0.133. The second-order valence-corrected chi connectivity index (χ2v) is 6.42. The van der Waals surface area contributed by atoms with E-state index in [2.05, 4.69) is 11.6 Å². The topological polar surface area (TPSA) is 72.2 Å². The molecular formula is C10H22N2O2S. The van der Waals surface area contributed by atoms with Crippen molar-refractivity contribution in [1.29, 1.82) is 0 Å². The Hall–Kier alpha value is -0.130. The zero-order chi connectivity index (χ0) is 11.4. The molecule has 1 fully saturated rings. The van der Waals surface area contributed by atoms with E-state index >= 15 is 0 Å². The Kier molecular flexibility index (Phi) is 4.55. The van der Waals surface area contributed by atoms with Crippen LogP contribution in [0.15, 0.2) is 0 Å². The molecule has 0 aromatic carbocycles. The van der Waals surface area contributed by atoms with Crippen LogP contribution in [0, 0.1) is 5.41 Å². The molecule has 0 aromatic heterocycles. The molecule has 0 spiro atoms. The van der Waals surface area contributed by atoms with Gasteiger partial charge in [0.25, 0.3) is 0 Å². The molecule has 1 saturated carbocycles. The molecule has 0 atom stereocenters. The molecule has 0 saturated heterocycles. The van der Waals surface area contributed by atoms with Crippen molar-refractivity contribution < 1.29 is 8.42 Å². The third-order valence-electron chi connectivity index (χ3n) is 3.45. The van der Waals surface area contributed by atoms with Gasteiger partial charge in [-0.2, -0.15) is 0 Å². The predicted molar refractivity (Wildman–Crippen MR) is 62.0 cm³/mol. The molecule has 4 nitrogen and oxygen atoms in total. The molecule has 0 radical (unpaired) electrons. The van der Waals surface area contributed by atoms with Crippen LogP contribution >= 0.6 is 0 Å². The van der Waals surface area contributed by atoms with Crippen LogP contribution in [0.25, 0.3) is 0 Å². The molecule has 0 amide bonds. The van der Waals surface area contributed by atoms with E-state index in [1.807, 2.05) is 0 Å². The van der Waals surface area contributed by atoms with E-state index in [0.717, 1.165) is 19.3 Å². The summed E-state index contributed by atoms with van der Waals surface area (Å²) in [6.45, 7) is 3.17. The van der Waals surface area contributed by atoms with E-state index in [-0.39, 0.29) is 11.2 Å². The van der Waals surface area contributed by atoms with Gasteiger partial charge >= 0.3 is 0 Å². The third-order valence-corrected chi connectivity index (χ3v) is 4.86. The highest BCUT2D eigenvalue weighted by molar-refractivity contribution is 7.89. The van der Waals surface area contributed by atoms with Gasteiger partial charge in [0.15, 0.2) is 0 Å². The van der Waals surface area contributed by atoms with Gasteiger partial charge in [0, 0.05) is 6.54 Å². The number of hydrogen-bond donors (Lipinski definition) is 2. The summed E-state index contributed by atoms with van der Waals surface area (Å²) < 4.78 is 25.8. The number of nitrogens with two attached hydrogens (primary N) is 1. The Bertz CT molecular complexity index is 278. The first-order valence-corrected chi connectivity index (χ1v) is 7.36. The van der Waals surface area contributed by atoms with Crippen LogP contribution in [0.5, 0.6) is 0 Å². The fourth-order valence-electron chi connectivity index (χ4n) is 1.94. The largest absolute Gasteiger partial charge is 0.330 e.